The summed E-state index contributed by atoms with van der Waals surface area (Å²) < 4.78 is 0. The maximum atomic E-state index is 2.42. The Hall–Kier alpha value is -5.72. The van der Waals surface area contributed by atoms with Crippen LogP contribution >= 0.6 is 0 Å². The van der Waals surface area contributed by atoms with E-state index in [1.165, 1.54) is 87.6 Å². The lowest BCUT2D eigenvalue weighted by molar-refractivity contribution is 1.60. The molecule has 9 aromatic rings. The van der Waals surface area contributed by atoms with Gasteiger partial charge in [0, 0.05) is 0 Å². The third-order valence-electron chi connectivity index (χ3n) is 9.19. The van der Waals surface area contributed by atoms with Crippen LogP contribution in [0.2, 0.25) is 0 Å². The lowest BCUT2D eigenvalue weighted by atomic mass is 9.83. The van der Waals surface area contributed by atoms with Gasteiger partial charge in [-0.3, -0.25) is 0 Å². The molecule has 0 saturated carbocycles. The molecule has 9 rings (SSSR count). The van der Waals surface area contributed by atoms with Gasteiger partial charge in [-0.05, 0) is 112 Å². The van der Waals surface area contributed by atoms with Gasteiger partial charge in [-0.1, -0.05) is 146 Å². The Morgan fingerprint density at radius 2 is 0.636 bits per heavy atom. The van der Waals surface area contributed by atoms with Gasteiger partial charge >= 0.3 is 0 Å². The van der Waals surface area contributed by atoms with Crippen molar-refractivity contribution in [3.63, 3.8) is 0 Å². The summed E-state index contributed by atoms with van der Waals surface area (Å²) in [5.41, 5.74) is 10.1. The van der Waals surface area contributed by atoms with Crippen LogP contribution in [0.5, 0.6) is 0 Å². The van der Waals surface area contributed by atoms with Crippen LogP contribution in [0.3, 0.4) is 0 Å². The molecule has 204 valence electrons. The molecule has 0 radical (unpaired) electrons. The van der Waals surface area contributed by atoms with E-state index in [9.17, 15) is 0 Å². The minimum Gasteiger partial charge on any atom is -0.0622 e. The average molecular weight is 557 g/mol. The minimum absolute atomic E-state index is 1.23. The lowest BCUT2D eigenvalue weighted by Gasteiger charge is -2.20. The third-order valence-corrected chi connectivity index (χ3v) is 9.19. The lowest BCUT2D eigenvalue weighted by Crippen LogP contribution is -1.93. The highest BCUT2D eigenvalue weighted by molar-refractivity contribution is 6.29. The van der Waals surface area contributed by atoms with Gasteiger partial charge < -0.3 is 0 Å². The third kappa shape index (κ3) is 3.85. The molecule has 0 aromatic heterocycles. The number of hydrogen-bond acceptors (Lipinski definition) is 0. The number of fused-ring (bicyclic) bond motifs is 1. The van der Waals surface area contributed by atoms with Crippen LogP contribution in [0.15, 0.2) is 170 Å². The number of hydrogen-bond donors (Lipinski definition) is 0. The van der Waals surface area contributed by atoms with Crippen molar-refractivity contribution in [2.45, 2.75) is 0 Å². The molecule has 0 heterocycles. The van der Waals surface area contributed by atoms with Gasteiger partial charge in [0.05, 0.1) is 0 Å². The van der Waals surface area contributed by atoms with Crippen molar-refractivity contribution >= 4 is 43.1 Å². The number of rotatable bonds is 4. The zero-order chi connectivity index (χ0) is 29.0. The molecule has 0 nitrogen and oxygen atoms in total. The Kier molecular flexibility index (Phi) is 5.61. The van der Waals surface area contributed by atoms with E-state index in [-0.39, 0.29) is 0 Å². The monoisotopic (exact) mass is 556 g/mol. The predicted octanol–water partition coefficient (Wildman–Crippen LogP) is 12.4. The minimum atomic E-state index is 1.23. The topological polar surface area (TPSA) is 0 Å². The zero-order valence-corrected chi connectivity index (χ0v) is 24.2. The Balaban J connectivity index is 1.37. The summed E-state index contributed by atoms with van der Waals surface area (Å²) in [6.45, 7) is 0. The summed E-state index contributed by atoms with van der Waals surface area (Å²) in [4.78, 5) is 0. The number of benzene rings is 9. The van der Waals surface area contributed by atoms with Crippen LogP contribution in [0.1, 0.15) is 0 Å². The fraction of sp³-hybridized carbons (Fsp3) is 0. The second-order valence-corrected chi connectivity index (χ2v) is 11.7. The summed E-state index contributed by atoms with van der Waals surface area (Å²) in [6.07, 6.45) is 0. The van der Waals surface area contributed by atoms with Gasteiger partial charge in [-0.25, -0.2) is 0 Å². The summed E-state index contributed by atoms with van der Waals surface area (Å²) in [5.74, 6) is 0. The Bertz CT molecular complexity index is 2470. The first-order valence-electron chi connectivity index (χ1n) is 15.3. The molecule has 0 bridgehead atoms. The molecular weight excluding hydrogens is 528 g/mol. The van der Waals surface area contributed by atoms with E-state index in [2.05, 4.69) is 170 Å². The summed E-state index contributed by atoms with van der Waals surface area (Å²) in [6, 6.07) is 62.3. The van der Waals surface area contributed by atoms with Crippen molar-refractivity contribution in [1.82, 2.24) is 0 Å². The van der Waals surface area contributed by atoms with Crippen molar-refractivity contribution < 1.29 is 0 Å². The molecule has 0 fully saturated rings. The molecular formula is C44H28. The fourth-order valence-corrected chi connectivity index (χ4v) is 7.21. The SMILES string of the molecule is c1ccc(-c2ccccc2-c2cc3cccc4c(-c5cc6ccccc6cc5-c5ccccc5)cc5cccc2c5c34)cc1. The molecule has 9 aromatic carbocycles. The molecule has 0 heteroatoms. The Labute approximate surface area is 256 Å². The zero-order valence-electron chi connectivity index (χ0n) is 24.2. The highest BCUT2D eigenvalue weighted by Gasteiger charge is 2.19. The van der Waals surface area contributed by atoms with E-state index in [0.717, 1.165) is 0 Å². The van der Waals surface area contributed by atoms with E-state index in [1.54, 1.807) is 0 Å². The Morgan fingerprint density at radius 1 is 0.227 bits per heavy atom. The normalized spacial score (nSPS) is 11.6. The maximum Gasteiger partial charge on any atom is -0.00201 e. The van der Waals surface area contributed by atoms with Crippen molar-refractivity contribution in [2.75, 3.05) is 0 Å². The second-order valence-electron chi connectivity index (χ2n) is 11.7. The van der Waals surface area contributed by atoms with E-state index < -0.39 is 0 Å². The first-order chi connectivity index (χ1) is 21.8. The average Bonchev–Trinajstić information content (AvgIpc) is 3.10. The fourth-order valence-electron chi connectivity index (χ4n) is 7.21. The standard InChI is InChI=1S/C44H28/c1-3-13-29(14-4-1)35-21-9-10-22-36(35)40-27-33-19-12-24-38-41(28-34-20-11-23-37(40)43(34)44(33)38)42-26-32-18-8-7-17-31(32)25-39(42)30-15-5-2-6-16-30/h1-28H. The highest BCUT2D eigenvalue weighted by Crippen LogP contribution is 2.47. The van der Waals surface area contributed by atoms with Gasteiger partial charge in [-0.15, -0.1) is 0 Å². The smallest absolute Gasteiger partial charge is 0.00201 e. The molecule has 0 aliphatic heterocycles. The molecule has 0 amide bonds. The van der Waals surface area contributed by atoms with E-state index in [4.69, 9.17) is 0 Å². The molecule has 0 saturated heterocycles. The van der Waals surface area contributed by atoms with Gasteiger partial charge in [0.2, 0.25) is 0 Å². The molecule has 44 heavy (non-hydrogen) atoms. The van der Waals surface area contributed by atoms with Gasteiger partial charge in [0.1, 0.15) is 0 Å². The molecule has 0 aliphatic rings. The van der Waals surface area contributed by atoms with Crippen LogP contribution in [0.25, 0.3) is 87.6 Å². The van der Waals surface area contributed by atoms with Crippen LogP contribution in [-0.4, -0.2) is 0 Å². The van der Waals surface area contributed by atoms with Gasteiger partial charge in [-0.2, -0.15) is 0 Å². The van der Waals surface area contributed by atoms with Crippen molar-refractivity contribution in [3.05, 3.63) is 170 Å². The van der Waals surface area contributed by atoms with E-state index >= 15 is 0 Å². The predicted molar refractivity (Wildman–Crippen MR) is 189 cm³/mol. The van der Waals surface area contributed by atoms with Gasteiger partial charge in [0.15, 0.2) is 0 Å². The maximum absolute atomic E-state index is 2.42. The summed E-state index contributed by atoms with van der Waals surface area (Å²) in [5, 5.41) is 10.3. The second kappa shape index (κ2) is 9.93. The summed E-state index contributed by atoms with van der Waals surface area (Å²) >= 11 is 0. The van der Waals surface area contributed by atoms with Crippen LogP contribution < -0.4 is 0 Å². The molecule has 0 spiro atoms. The van der Waals surface area contributed by atoms with E-state index in [1.807, 2.05) is 0 Å². The first-order valence-corrected chi connectivity index (χ1v) is 15.3. The molecule has 0 N–H and O–H groups in total. The molecule has 0 unspecified atom stereocenters. The van der Waals surface area contributed by atoms with Crippen LogP contribution in [0.4, 0.5) is 0 Å². The first kappa shape index (κ1) is 24.8. The summed E-state index contributed by atoms with van der Waals surface area (Å²) in [7, 11) is 0. The largest absolute Gasteiger partial charge is 0.0622 e. The van der Waals surface area contributed by atoms with Gasteiger partial charge in [0.25, 0.3) is 0 Å². The van der Waals surface area contributed by atoms with Crippen molar-refractivity contribution in [2.24, 2.45) is 0 Å². The van der Waals surface area contributed by atoms with Crippen LogP contribution in [0, 0.1) is 0 Å². The Morgan fingerprint density at radius 3 is 1.23 bits per heavy atom. The highest BCUT2D eigenvalue weighted by atomic mass is 14.2. The van der Waals surface area contributed by atoms with Crippen LogP contribution in [-0.2, 0) is 0 Å². The van der Waals surface area contributed by atoms with E-state index in [0.29, 0.717) is 0 Å². The quantitative estimate of drug-likeness (QED) is 0.189. The van der Waals surface area contributed by atoms with Crippen molar-refractivity contribution in [3.8, 4) is 44.5 Å². The van der Waals surface area contributed by atoms with Crippen molar-refractivity contribution in [1.29, 1.82) is 0 Å². The molecule has 0 aliphatic carbocycles. The molecule has 0 atom stereocenters.